The van der Waals surface area contributed by atoms with E-state index in [9.17, 15) is 22.8 Å². The summed E-state index contributed by atoms with van der Waals surface area (Å²) >= 11 is 6.30. The second-order valence-electron chi connectivity index (χ2n) is 8.79. The molecule has 5 rings (SSSR count). The van der Waals surface area contributed by atoms with Crippen molar-refractivity contribution in [3.8, 4) is 0 Å². The lowest BCUT2D eigenvalue weighted by Gasteiger charge is -2.36. The fourth-order valence-electron chi connectivity index (χ4n) is 4.53. The van der Waals surface area contributed by atoms with Gasteiger partial charge in [-0.2, -0.15) is 18.3 Å². The average molecular weight is 518 g/mol. The highest BCUT2D eigenvalue weighted by Gasteiger charge is 2.32. The molecule has 0 bridgehead atoms. The van der Waals surface area contributed by atoms with Crippen molar-refractivity contribution >= 4 is 29.1 Å². The minimum absolute atomic E-state index is 0.176. The van der Waals surface area contributed by atoms with Gasteiger partial charge in [0.1, 0.15) is 5.69 Å². The van der Waals surface area contributed by atoms with Crippen molar-refractivity contribution in [2.24, 2.45) is 0 Å². The lowest BCUT2D eigenvalue weighted by atomic mass is 10.1. The summed E-state index contributed by atoms with van der Waals surface area (Å²) in [5.74, 6) is -0.547. The zero-order valence-corrected chi connectivity index (χ0v) is 20.0. The third-order valence-corrected chi connectivity index (χ3v) is 6.82. The maximum absolute atomic E-state index is 13.1. The summed E-state index contributed by atoms with van der Waals surface area (Å²) in [6.45, 7) is 3.18. The van der Waals surface area contributed by atoms with Gasteiger partial charge in [0, 0.05) is 45.3 Å². The van der Waals surface area contributed by atoms with Gasteiger partial charge in [0.25, 0.3) is 11.8 Å². The van der Waals surface area contributed by atoms with E-state index in [4.69, 9.17) is 11.6 Å². The fourth-order valence-corrected chi connectivity index (χ4v) is 4.79. The first kappa shape index (κ1) is 24.2. The number of amides is 2. The van der Waals surface area contributed by atoms with Gasteiger partial charge in [0.2, 0.25) is 0 Å². The van der Waals surface area contributed by atoms with Crippen LogP contribution in [0.2, 0.25) is 5.02 Å². The maximum atomic E-state index is 13.1. The van der Waals surface area contributed by atoms with E-state index in [1.54, 1.807) is 9.80 Å². The fraction of sp³-hybridized carbons (Fsp3) is 0.320. The number of hydrogen-bond donors (Lipinski definition) is 0. The molecule has 2 aliphatic heterocycles. The van der Waals surface area contributed by atoms with Crippen LogP contribution in [0.5, 0.6) is 0 Å². The Labute approximate surface area is 210 Å². The van der Waals surface area contributed by atoms with Gasteiger partial charge in [-0.25, -0.2) is 0 Å². The molecule has 3 heterocycles. The first-order chi connectivity index (χ1) is 17.2. The first-order valence-electron chi connectivity index (χ1n) is 11.5. The summed E-state index contributed by atoms with van der Waals surface area (Å²) < 4.78 is 39.9. The summed E-state index contributed by atoms with van der Waals surface area (Å²) in [4.78, 5) is 31.5. The molecule has 2 aromatic carbocycles. The van der Waals surface area contributed by atoms with Crippen LogP contribution < -0.4 is 4.90 Å². The van der Waals surface area contributed by atoms with Crippen LogP contribution in [0.3, 0.4) is 0 Å². The summed E-state index contributed by atoms with van der Waals surface area (Å²) in [6.07, 6.45) is -4.41. The molecule has 36 heavy (non-hydrogen) atoms. The smallest absolute Gasteiger partial charge is 0.367 e. The molecule has 188 valence electrons. The Morgan fingerprint density at radius 3 is 2.31 bits per heavy atom. The van der Waals surface area contributed by atoms with Crippen LogP contribution in [0, 0.1) is 0 Å². The largest absolute Gasteiger partial charge is 0.416 e. The van der Waals surface area contributed by atoms with Crippen LogP contribution in [0.25, 0.3) is 0 Å². The molecule has 0 aliphatic carbocycles. The van der Waals surface area contributed by atoms with Crippen LogP contribution in [0.15, 0.2) is 54.6 Å². The van der Waals surface area contributed by atoms with Crippen LogP contribution in [0.4, 0.5) is 18.9 Å². The van der Waals surface area contributed by atoms with Crippen molar-refractivity contribution in [1.82, 2.24) is 19.6 Å². The summed E-state index contributed by atoms with van der Waals surface area (Å²) in [7, 11) is 0. The van der Waals surface area contributed by atoms with Crippen molar-refractivity contribution < 1.29 is 22.8 Å². The number of nitrogens with zero attached hydrogens (tertiary/aromatic N) is 5. The van der Waals surface area contributed by atoms with Gasteiger partial charge in [-0.1, -0.05) is 35.9 Å². The molecule has 2 amide bonds. The molecule has 0 unspecified atom stereocenters. The summed E-state index contributed by atoms with van der Waals surface area (Å²) in [6, 6.07) is 13.9. The number of para-hydroxylation sites is 1. The van der Waals surface area contributed by atoms with Crippen LogP contribution in [-0.4, -0.2) is 64.1 Å². The number of fused-ring (bicyclic) bond motifs is 1. The second kappa shape index (κ2) is 9.50. The molecular formula is C25H23ClF3N5O2. The first-order valence-corrected chi connectivity index (χ1v) is 11.9. The Morgan fingerprint density at radius 1 is 0.944 bits per heavy atom. The number of aromatic nitrogens is 2. The third kappa shape index (κ3) is 4.77. The lowest BCUT2D eigenvalue weighted by Crippen LogP contribution is -2.49. The number of alkyl halides is 3. The van der Waals surface area contributed by atoms with E-state index < -0.39 is 11.7 Å². The zero-order valence-electron chi connectivity index (χ0n) is 19.2. The van der Waals surface area contributed by atoms with E-state index in [0.717, 1.165) is 17.8 Å². The van der Waals surface area contributed by atoms with Crippen molar-refractivity contribution in [2.75, 3.05) is 37.6 Å². The summed E-state index contributed by atoms with van der Waals surface area (Å²) in [5, 5.41) is 5.03. The van der Waals surface area contributed by atoms with Crippen molar-refractivity contribution in [3.63, 3.8) is 0 Å². The predicted molar refractivity (Wildman–Crippen MR) is 128 cm³/mol. The molecule has 2 aliphatic rings. The molecule has 0 atom stereocenters. The van der Waals surface area contributed by atoms with Crippen LogP contribution >= 0.6 is 11.6 Å². The number of anilines is 1. The standard InChI is InChI=1S/C25H23ClF3N5O2/c26-19-3-1-2-4-21(19)31-9-11-32(12-10-31)23(35)20-15-22-24(36)33(13-14-34(22)30-20)16-17-5-7-18(8-6-17)25(27,28)29/h1-8,15H,9-14,16H2. The second-order valence-corrected chi connectivity index (χ2v) is 9.20. The van der Waals surface area contributed by atoms with Gasteiger partial charge in [0.15, 0.2) is 5.69 Å². The van der Waals surface area contributed by atoms with Gasteiger partial charge in [-0.05, 0) is 29.8 Å². The Kier molecular flexibility index (Phi) is 6.38. The Hall–Kier alpha value is -3.53. The number of halogens is 4. The van der Waals surface area contributed by atoms with Crippen LogP contribution in [-0.2, 0) is 19.3 Å². The Bertz CT molecular complexity index is 1280. The highest BCUT2D eigenvalue weighted by Crippen LogP contribution is 2.30. The van der Waals surface area contributed by atoms with Gasteiger partial charge in [-0.15, -0.1) is 0 Å². The molecule has 0 spiro atoms. The van der Waals surface area contributed by atoms with Crippen molar-refractivity contribution in [1.29, 1.82) is 0 Å². The molecule has 11 heteroatoms. The molecular weight excluding hydrogens is 495 g/mol. The van der Waals surface area contributed by atoms with Crippen molar-refractivity contribution in [2.45, 2.75) is 19.3 Å². The highest BCUT2D eigenvalue weighted by atomic mass is 35.5. The Morgan fingerprint density at radius 2 is 1.64 bits per heavy atom. The lowest BCUT2D eigenvalue weighted by molar-refractivity contribution is -0.137. The number of carbonyl (C=O) groups is 2. The maximum Gasteiger partial charge on any atom is 0.416 e. The summed E-state index contributed by atoms with van der Waals surface area (Å²) in [5.41, 5.74) is 1.30. The minimum atomic E-state index is -4.41. The van der Waals surface area contributed by atoms with Gasteiger partial charge in [-0.3, -0.25) is 14.3 Å². The number of rotatable bonds is 4. The quantitative estimate of drug-likeness (QED) is 0.521. The van der Waals surface area contributed by atoms with E-state index in [0.29, 0.717) is 55.5 Å². The molecule has 1 saturated heterocycles. The van der Waals surface area contributed by atoms with Gasteiger partial charge >= 0.3 is 6.18 Å². The topological polar surface area (TPSA) is 61.7 Å². The van der Waals surface area contributed by atoms with Gasteiger partial charge < -0.3 is 14.7 Å². The number of hydrogen-bond acceptors (Lipinski definition) is 4. The van der Waals surface area contributed by atoms with E-state index >= 15 is 0 Å². The molecule has 1 aromatic heterocycles. The molecule has 3 aromatic rings. The average Bonchev–Trinajstić information content (AvgIpc) is 3.31. The van der Waals surface area contributed by atoms with E-state index in [1.807, 2.05) is 24.3 Å². The normalized spacial score (nSPS) is 16.3. The highest BCUT2D eigenvalue weighted by molar-refractivity contribution is 6.33. The number of carbonyl (C=O) groups excluding carboxylic acids is 2. The third-order valence-electron chi connectivity index (χ3n) is 6.50. The number of piperazine rings is 1. The molecule has 7 nitrogen and oxygen atoms in total. The van der Waals surface area contributed by atoms with E-state index in [1.165, 1.54) is 22.9 Å². The van der Waals surface area contributed by atoms with E-state index in [2.05, 4.69) is 10.00 Å². The Balaban J connectivity index is 1.23. The number of benzene rings is 2. The van der Waals surface area contributed by atoms with E-state index in [-0.39, 0.29) is 24.1 Å². The molecule has 0 saturated carbocycles. The van der Waals surface area contributed by atoms with Crippen molar-refractivity contribution in [3.05, 3.63) is 82.1 Å². The van der Waals surface area contributed by atoms with Gasteiger partial charge in [0.05, 0.1) is 22.8 Å². The SMILES string of the molecule is O=C(c1cc2n(n1)CCN(Cc1ccc(C(F)(F)F)cc1)C2=O)N1CCN(c2ccccc2Cl)CC1. The predicted octanol–water partition coefficient (Wildman–Crippen LogP) is 4.17. The minimum Gasteiger partial charge on any atom is -0.367 e. The molecule has 0 N–H and O–H groups in total. The molecule has 1 fully saturated rings. The zero-order chi connectivity index (χ0) is 25.4. The molecule has 0 radical (unpaired) electrons. The van der Waals surface area contributed by atoms with Crippen LogP contribution in [0.1, 0.15) is 32.1 Å². The monoisotopic (exact) mass is 517 g/mol.